The standard InChI is InChI=1S/C9H18O4.C6H14O/c1-7(5-11-4)12-6-8(2)13-9(3)10;1-3-5-7-6-4-2/h7-8H,5-6H2,1-4H3;3-6H2,1-2H3. The summed E-state index contributed by atoms with van der Waals surface area (Å²) in [5, 5.41) is 0. The smallest absolute Gasteiger partial charge is 0.302 e. The topological polar surface area (TPSA) is 54.0 Å². The summed E-state index contributed by atoms with van der Waals surface area (Å²) in [5.74, 6) is -0.282. The lowest BCUT2D eigenvalue weighted by Gasteiger charge is -2.16. The van der Waals surface area contributed by atoms with Crippen molar-refractivity contribution < 1.29 is 23.7 Å². The predicted octanol–water partition coefficient (Wildman–Crippen LogP) is 2.81. The Kier molecular flexibility index (Phi) is 17.8. The Bertz CT molecular complexity index is 204. The van der Waals surface area contributed by atoms with Crippen LogP contribution >= 0.6 is 0 Å². The molecule has 0 aliphatic rings. The van der Waals surface area contributed by atoms with Crippen LogP contribution in [0.4, 0.5) is 0 Å². The van der Waals surface area contributed by atoms with Crippen LogP contribution in [0.25, 0.3) is 0 Å². The van der Waals surface area contributed by atoms with Crippen LogP contribution in [0.5, 0.6) is 0 Å². The molecule has 5 heteroatoms. The van der Waals surface area contributed by atoms with Gasteiger partial charge in [-0.25, -0.2) is 0 Å². The van der Waals surface area contributed by atoms with Gasteiger partial charge in [-0.15, -0.1) is 0 Å². The summed E-state index contributed by atoms with van der Waals surface area (Å²) in [6.07, 6.45) is 2.11. The maximum atomic E-state index is 10.5. The van der Waals surface area contributed by atoms with Crippen molar-refractivity contribution in [2.45, 2.75) is 59.7 Å². The van der Waals surface area contributed by atoms with E-state index in [1.807, 2.05) is 6.92 Å². The molecule has 0 aliphatic carbocycles. The van der Waals surface area contributed by atoms with Crippen molar-refractivity contribution in [1.82, 2.24) is 0 Å². The van der Waals surface area contributed by atoms with Gasteiger partial charge >= 0.3 is 5.97 Å². The highest BCUT2D eigenvalue weighted by Gasteiger charge is 2.08. The first kappa shape index (κ1) is 21.6. The molecule has 0 rings (SSSR count). The molecule has 0 heterocycles. The van der Waals surface area contributed by atoms with Crippen molar-refractivity contribution >= 4 is 5.97 Å². The second-order valence-corrected chi connectivity index (χ2v) is 4.63. The second kappa shape index (κ2) is 16.4. The van der Waals surface area contributed by atoms with E-state index in [0.717, 1.165) is 26.1 Å². The quantitative estimate of drug-likeness (QED) is 0.458. The first-order chi connectivity index (χ1) is 9.47. The third kappa shape index (κ3) is 19.7. The second-order valence-electron chi connectivity index (χ2n) is 4.63. The third-order valence-electron chi connectivity index (χ3n) is 2.08. The third-order valence-corrected chi connectivity index (χ3v) is 2.08. The van der Waals surface area contributed by atoms with E-state index in [4.69, 9.17) is 18.9 Å². The van der Waals surface area contributed by atoms with Crippen LogP contribution < -0.4 is 0 Å². The maximum absolute atomic E-state index is 10.5. The van der Waals surface area contributed by atoms with Gasteiger partial charge in [-0.1, -0.05) is 13.8 Å². The molecule has 0 saturated carbocycles. The average Bonchev–Trinajstić information content (AvgIpc) is 2.37. The van der Waals surface area contributed by atoms with Crippen LogP contribution in [0.15, 0.2) is 0 Å². The van der Waals surface area contributed by atoms with E-state index in [0.29, 0.717) is 13.2 Å². The largest absolute Gasteiger partial charge is 0.460 e. The van der Waals surface area contributed by atoms with Crippen molar-refractivity contribution in [3.05, 3.63) is 0 Å². The number of hydrogen-bond acceptors (Lipinski definition) is 5. The van der Waals surface area contributed by atoms with Crippen LogP contribution in [0.1, 0.15) is 47.5 Å². The van der Waals surface area contributed by atoms with Crippen molar-refractivity contribution in [3.8, 4) is 0 Å². The molecule has 0 saturated heterocycles. The maximum Gasteiger partial charge on any atom is 0.302 e. The molecular formula is C15H32O5. The van der Waals surface area contributed by atoms with Crippen LogP contribution in [0.3, 0.4) is 0 Å². The monoisotopic (exact) mass is 292 g/mol. The Labute approximate surface area is 123 Å². The summed E-state index contributed by atoms with van der Waals surface area (Å²) in [6, 6.07) is 0. The molecule has 0 aromatic rings. The zero-order valence-corrected chi connectivity index (χ0v) is 13.9. The molecular weight excluding hydrogens is 260 g/mol. The molecule has 20 heavy (non-hydrogen) atoms. The van der Waals surface area contributed by atoms with Crippen molar-refractivity contribution in [3.63, 3.8) is 0 Å². The molecule has 0 fully saturated rings. The first-order valence-electron chi connectivity index (χ1n) is 7.33. The Morgan fingerprint density at radius 3 is 1.95 bits per heavy atom. The van der Waals surface area contributed by atoms with Crippen LogP contribution in [-0.2, 0) is 23.7 Å². The van der Waals surface area contributed by atoms with Gasteiger partial charge in [0.25, 0.3) is 0 Å². The molecule has 0 bridgehead atoms. The zero-order valence-electron chi connectivity index (χ0n) is 13.9. The van der Waals surface area contributed by atoms with Gasteiger partial charge in [0.15, 0.2) is 0 Å². The van der Waals surface area contributed by atoms with Gasteiger partial charge in [0, 0.05) is 27.2 Å². The number of esters is 1. The fraction of sp³-hybridized carbons (Fsp3) is 0.933. The lowest BCUT2D eigenvalue weighted by atomic mass is 10.4. The van der Waals surface area contributed by atoms with Crippen LogP contribution in [0, 0.1) is 0 Å². The molecule has 0 spiro atoms. The SMILES string of the molecule is CCCOCCC.COCC(C)OCC(C)OC(C)=O. The molecule has 122 valence electrons. The van der Waals surface area contributed by atoms with Crippen molar-refractivity contribution in [2.75, 3.05) is 33.5 Å². The minimum Gasteiger partial charge on any atom is -0.460 e. The molecule has 0 radical (unpaired) electrons. The summed E-state index contributed by atoms with van der Waals surface area (Å²) in [4.78, 5) is 10.5. The molecule has 2 unspecified atom stereocenters. The van der Waals surface area contributed by atoms with E-state index in [1.165, 1.54) is 6.92 Å². The van der Waals surface area contributed by atoms with Crippen LogP contribution in [-0.4, -0.2) is 51.7 Å². The number of carbonyl (C=O) groups excluding carboxylic acids is 1. The molecule has 0 amide bonds. The molecule has 2 atom stereocenters. The van der Waals surface area contributed by atoms with Gasteiger partial charge in [-0.2, -0.15) is 0 Å². The lowest BCUT2D eigenvalue weighted by molar-refractivity contribution is -0.149. The van der Waals surface area contributed by atoms with E-state index in [1.54, 1.807) is 14.0 Å². The average molecular weight is 292 g/mol. The van der Waals surface area contributed by atoms with E-state index in [2.05, 4.69) is 13.8 Å². The number of hydrogen-bond donors (Lipinski definition) is 0. The van der Waals surface area contributed by atoms with Gasteiger partial charge < -0.3 is 18.9 Å². The Balaban J connectivity index is 0. The summed E-state index contributed by atoms with van der Waals surface area (Å²) in [5.41, 5.74) is 0. The number of ether oxygens (including phenoxy) is 4. The molecule has 0 aliphatic heterocycles. The number of rotatable bonds is 10. The van der Waals surface area contributed by atoms with E-state index < -0.39 is 0 Å². The first-order valence-corrected chi connectivity index (χ1v) is 7.33. The number of carbonyl (C=O) groups is 1. The van der Waals surface area contributed by atoms with E-state index in [-0.39, 0.29) is 18.2 Å². The lowest BCUT2D eigenvalue weighted by Crippen LogP contribution is -2.24. The van der Waals surface area contributed by atoms with Gasteiger partial charge in [0.05, 0.1) is 19.3 Å². The highest BCUT2D eigenvalue weighted by Crippen LogP contribution is 1.97. The summed E-state index contributed by atoms with van der Waals surface area (Å²) >= 11 is 0. The van der Waals surface area contributed by atoms with Gasteiger partial charge in [-0.05, 0) is 26.7 Å². The fourth-order valence-electron chi connectivity index (χ4n) is 1.29. The summed E-state index contributed by atoms with van der Waals surface area (Å²) < 4.78 is 20.2. The van der Waals surface area contributed by atoms with Crippen molar-refractivity contribution in [1.29, 1.82) is 0 Å². The molecule has 0 aromatic heterocycles. The Morgan fingerprint density at radius 2 is 1.55 bits per heavy atom. The van der Waals surface area contributed by atoms with Crippen LogP contribution in [0.2, 0.25) is 0 Å². The fourth-order valence-corrected chi connectivity index (χ4v) is 1.29. The normalized spacial score (nSPS) is 13.1. The minimum absolute atomic E-state index is 0.0306. The summed E-state index contributed by atoms with van der Waals surface area (Å²) in [6.45, 7) is 12.1. The van der Waals surface area contributed by atoms with Gasteiger partial charge in [0.2, 0.25) is 0 Å². The van der Waals surface area contributed by atoms with E-state index >= 15 is 0 Å². The number of methoxy groups -OCH3 is 1. The molecule has 0 aromatic carbocycles. The minimum atomic E-state index is -0.282. The van der Waals surface area contributed by atoms with Gasteiger partial charge in [0.1, 0.15) is 6.10 Å². The molecule has 0 N–H and O–H groups in total. The predicted molar refractivity (Wildman–Crippen MR) is 79.9 cm³/mol. The Morgan fingerprint density at radius 1 is 1.00 bits per heavy atom. The highest BCUT2D eigenvalue weighted by molar-refractivity contribution is 5.66. The van der Waals surface area contributed by atoms with E-state index in [9.17, 15) is 4.79 Å². The Hall–Kier alpha value is -0.650. The zero-order chi connectivity index (χ0) is 15.8. The summed E-state index contributed by atoms with van der Waals surface area (Å²) in [7, 11) is 1.62. The highest BCUT2D eigenvalue weighted by atomic mass is 16.6. The van der Waals surface area contributed by atoms with Crippen molar-refractivity contribution in [2.24, 2.45) is 0 Å². The van der Waals surface area contributed by atoms with Gasteiger partial charge in [-0.3, -0.25) is 4.79 Å². The molecule has 5 nitrogen and oxygen atoms in total.